The fourth-order valence-corrected chi connectivity index (χ4v) is 5.08. The molecule has 0 saturated carbocycles. The van der Waals surface area contributed by atoms with Crippen LogP contribution in [-0.4, -0.2) is 45.4 Å². The molecule has 0 aliphatic carbocycles. The quantitative estimate of drug-likeness (QED) is 0.299. The third-order valence-electron chi connectivity index (χ3n) is 5.96. The zero-order valence-corrected chi connectivity index (χ0v) is 22.6. The molecule has 0 spiro atoms. The Balaban J connectivity index is 1.92. The van der Waals surface area contributed by atoms with Crippen molar-refractivity contribution >= 4 is 32.6 Å². The summed E-state index contributed by atoms with van der Waals surface area (Å²) in [4.78, 5) is 12.9. The Morgan fingerprint density at radius 1 is 1.05 bits per heavy atom. The average Bonchev–Trinajstić information content (AvgIpc) is 3.24. The van der Waals surface area contributed by atoms with Crippen molar-refractivity contribution < 1.29 is 36.3 Å². The Kier molecular flexibility index (Phi) is 7.94. The molecular weight excluding hydrogens is 530 g/mol. The molecule has 0 bridgehead atoms. The number of aliphatic hydroxyl groups is 1. The maximum Gasteiger partial charge on any atom is 0.255 e. The van der Waals surface area contributed by atoms with Gasteiger partial charge in [0.25, 0.3) is 5.91 Å². The Morgan fingerprint density at radius 3 is 2.18 bits per heavy atom. The predicted molar refractivity (Wildman–Crippen MR) is 144 cm³/mol. The van der Waals surface area contributed by atoms with Crippen molar-refractivity contribution in [3.63, 3.8) is 0 Å². The van der Waals surface area contributed by atoms with E-state index in [-0.39, 0.29) is 34.4 Å². The highest BCUT2D eigenvalue weighted by Gasteiger charge is 2.29. The van der Waals surface area contributed by atoms with E-state index in [0.29, 0.717) is 16.5 Å². The summed E-state index contributed by atoms with van der Waals surface area (Å²) in [5.41, 5.74) is 1.16. The van der Waals surface area contributed by atoms with Crippen LogP contribution in [0.15, 0.2) is 65.1 Å². The highest BCUT2D eigenvalue weighted by molar-refractivity contribution is 7.92. The van der Waals surface area contributed by atoms with Crippen LogP contribution in [-0.2, 0) is 10.0 Å². The second kappa shape index (κ2) is 11.0. The fraction of sp³-hybridized carbons (Fsp3) is 0.250. The first-order chi connectivity index (χ1) is 18.4. The maximum atomic E-state index is 13.6. The van der Waals surface area contributed by atoms with Crippen LogP contribution < -0.4 is 14.4 Å². The van der Waals surface area contributed by atoms with Gasteiger partial charge in [-0.3, -0.25) is 9.10 Å². The highest BCUT2D eigenvalue weighted by Crippen LogP contribution is 2.42. The summed E-state index contributed by atoms with van der Waals surface area (Å²) in [5.74, 6) is -1.14. The number of nitrogens with one attached hydrogen (secondary N) is 1. The van der Waals surface area contributed by atoms with Crippen LogP contribution in [0.3, 0.4) is 0 Å². The molecule has 39 heavy (non-hydrogen) atoms. The van der Waals surface area contributed by atoms with Gasteiger partial charge in [-0.05, 0) is 61.9 Å². The van der Waals surface area contributed by atoms with Gasteiger partial charge in [0.1, 0.15) is 28.7 Å². The Morgan fingerprint density at radius 2 is 1.64 bits per heavy atom. The second-order valence-electron chi connectivity index (χ2n) is 9.24. The highest BCUT2D eigenvalue weighted by atomic mass is 32.2. The fourth-order valence-electron chi connectivity index (χ4n) is 4.17. The van der Waals surface area contributed by atoms with Crippen molar-refractivity contribution in [2.75, 3.05) is 24.2 Å². The number of anilines is 1. The number of hydrogen-bond donors (Lipinski definition) is 2. The number of halogens is 2. The third kappa shape index (κ3) is 6.04. The zero-order valence-electron chi connectivity index (χ0n) is 21.7. The molecule has 8 nitrogen and oxygen atoms in total. The van der Waals surface area contributed by atoms with Crippen LogP contribution >= 0.6 is 0 Å². The van der Waals surface area contributed by atoms with Crippen LogP contribution in [0.25, 0.3) is 22.3 Å². The number of carbonyl (C=O) groups excluding carboxylic acids is 1. The number of furan rings is 1. The Bertz CT molecular complexity index is 1600. The molecule has 0 radical (unpaired) electrons. The number of nitrogens with zero attached hydrogens (tertiary/aromatic N) is 1. The summed E-state index contributed by atoms with van der Waals surface area (Å²) in [6, 6.07) is 13.4. The van der Waals surface area contributed by atoms with Gasteiger partial charge in [-0.1, -0.05) is 12.1 Å². The minimum Gasteiger partial charge on any atom is -0.489 e. The lowest BCUT2D eigenvalue weighted by molar-refractivity contribution is 0.0964. The van der Waals surface area contributed by atoms with Crippen molar-refractivity contribution in [2.24, 2.45) is 0 Å². The molecule has 11 heteroatoms. The number of amides is 1. The normalized spacial score (nSPS) is 12.5. The van der Waals surface area contributed by atoms with Gasteiger partial charge in [-0.25, -0.2) is 17.2 Å². The molecule has 4 rings (SSSR count). The Labute approximate surface area is 224 Å². The number of rotatable bonds is 9. The molecule has 1 aromatic heterocycles. The summed E-state index contributed by atoms with van der Waals surface area (Å²) in [6.45, 7) is 3.11. The average molecular weight is 559 g/mol. The molecule has 3 aromatic carbocycles. The van der Waals surface area contributed by atoms with Gasteiger partial charge >= 0.3 is 0 Å². The molecule has 4 aromatic rings. The van der Waals surface area contributed by atoms with Crippen LogP contribution in [0.2, 0.25) is 0 Å². The van der Waals surface area contributed by atoms with E-state index in [1.807, 2.05) is 0 Å². The van der Waals surface area contributed by atoms with Gasteiger partial charge in [-0.2, -0.15) is 0 Å². The number of fused-ring (bicyclic) bond motifs is 1. The number of sulfonamides is 1. The van der Waals surface area contributed by atoms with E-state index in [2.05, 4.69) is 5.32 Å². The van der Waals surface area contributed by atoms with Crippen molar-refractivity contribution in [3.05, 3.63) is 83.4 Å². The summed E-state index contributed by atoms with van der Waals surface area (Å²) in [5, 5.41) is 13.8. The standard InChI is InChI=1S/C28H28F2N2O6S/c1-16(2)37-25-13-21-24(38-27(26(21)28(34)31-3)18-7-11-20(30)12-8-18)14-22(25)32(39(4,35)36)15-23(33)17-5-9-19(29)10-6-17/h5-14,16,23,33H,15H2,1-4H3,(H,31,34). The summed E-state index contributed by atoms with van der Waals surface area (Å²) < 4.78 is 65.9. The third-order valence-corrected chi connectivity index (χ3v) is 7.10. The number of carbonyl (C=O) groups is 1. The topological polar surface area (TPSA) is 109 Å². The zero-order chi connectivity index (χ0) is 28.5. The monoisotopic (exact) mass is 558 g/mol. The van der Waals surface area contributed by atoms with Gasteiger partial charge in [0.05, 0.1) is 36.3 Å². The van der Waals surface area contributed by atoms with Crippen LogP contribution in [0.5, 0.6) is 5.75 Å². The van der Waals surface area contributed by atoms with E-state index in [1.54, 1.807) is 13.8 Å². The molecule has 0 aliphatic rings. The molecule has 0 aliphatic heterocycles. The molecule has 1 atom stereocenters. The second-order valence-corrected chi connectivity index (χ2v) is 11.1. The molecule has 1 heterocycles. The first-order valence-electron chi connectivity index (χ1n) is 12.1. The molecule has 1 unspecified atom stereocenters. The van der Waals surface area contributed by atoms with E-state index in [4.69, 9.17) is 9.15 Å². The van der Waals surface area contributed by atoms with E-state index in [1.165, 1.54) is 67.7 Å². The van der Waals surface area contributed by atoms with Crippen molar-refractivity contribution in [1.82, 2.24) is 5.32 Å². The first-order valence-corrected chi connectivity index (χ1v) is 13.9. The SMILES string of the molecule is CNC(=O)c1c(-c2ccc(F)cc2)oc2cc(N(CC(O)c3ccc(F)cc3)S(C)(=O)=O)c(OC(C)C)cc12. The lowest BCUT2D eigenvalue weighted by atomic mass is 10.0. The number of aliphatic hydroxyl groups excluding tert-OH is 1. The van der Waals surface area contributed by atoms with Crippen LogP contribution in [0, 0.1) is 11.6 Å². The smallest absolute Gasteiger partial charge is 0.255 e. The summed E-state index contributed by atoms with van der Waals surface area (Å²) in [7, 11) is -2.52. The lowest BCUT2D eigenvalue weighted by Crippen LogP contribution is -2.34. The number of hydrogen-bond acceptors (Lipinski definition) is 6. The van der Waals surface area contributed by atoms with E-state index in [0.717, 1.165) is 10.6 Å². The van der Waals surface area contributed by atoms with Gasteiger partial charge in [0.15, 0.2) is 0 Å². The van der Waals surface area contributed by atoms with Crippen molar-refractivity contribution in [3.8, 4) is 17.1 Å². The van der Waals surface area contributed by atoms with Gasteiger partial charge in [-0.15, -0.1) is 0 Å². The molecular formula is C28H28F2N2O6S. The molecule has 0 fully saturated rings. The van der Waals surface area contributed by atoms with Crippen LogP contribution in [0.4, 0.5) is 14.5 Å². The number of ether oxygens (including phenoxy) is 1. The van der Waals surface area contributed by atoms with E-state index in [9.17, 15) is 27.1 Å². The largest absolute Gasteiger partial charge is 0.489 e. The molecule has 1 amide bonds. The summed E-state index contributed by atoms with van der Waals surface area (Å²) >= 11 is 0. The molecule has 2 N–H and O–H groups in total. The van der Waals surface area contributed by atoms with Crippen molar-refractivity contribution in [2.45, 2.75) is 26.1 Å². The van der Waals surface area contributed by atoms with E-state index < -0.39 is 40.2 Å². The van der Waals surface area contributed by atoms with Gasteiger partial charge in [0.2, 0.25) is 10.0 Å². The summed E-state index contributed by atoms with van der Waals surface area (Å²) in [6.07, 6.45) is -0.692. The van der Waals surface area contributed by atoms with Crippen LogP contribution in [0.1, 0.15) is 35.9 Å². The van der Waals surface area contributed by atoms with E-state index >= 15 is 0 Å². The maximum absolute atomic E-state index is 13.6. The van der Waals surface area contributed by atoms with Crippen molar-refractivity contribution in [1.29, 1.82) is 0 Å². The number of benzene rings is 3. The van der Waals surface area contributed by atoms with Gasteiger partial charge in [0, 0.05) is 24.1 Å². The lowest BCUT2D eigenvalue weighted by Gasteiger charge is -2.27. The molecule has 0 saturated heterocycles. The minimum atomic E-state index is -3.98. The molecule has 206 valence electrons. The van der Waals surface area contributed by atoms with Gasteiger partial charge < -0.3 is 19.6 Å². The minimum absolute atomic E-state index is 0.0720. The Hall–Kier alpha value is -3.96. The first kappa shape index (κ1) is 28.1. The predicted octanol–water partition coefficient (Wildman–Crippen LogP) is 5.02.